The summed E-state index contributed by atoms with van der Waals surface area (Å²) < 4.78 is 11.4. The molecule has 154 valence electrons. The molecule has 7 nitrogen and oxygen atoms in total. The van der Waals surface area contributed by atoms with Crippen LogP contribution in [0, 0.1) is 0 Å². The summed E-state index contributed by atoms with van der Waals surface area (Å²) in [4.78, 5) is 23.8. The lowest BCUT2D eigenvalue weighted by molar-refractivity contribution is -0.114. The van der Waals surface area contributed by atoms with E-state index >= 15 is 0 Å². The fraction of sp³-hybridized carbons (Fsp3) is 0.130. The van der Waals surface area contributed by atoms with Crippen molar-refractivity contribution in [1.82, 2.24) is 0 Å². The lowest BCUT2D eigenvalue weighted by atomic mass is 10.1. The van der Waals surface area contributed by atoms with Gasteiger partial charge in [0, 0.05) is 0 Å². The molecule has 0 aliphatic rings. The number of hydrogen-bond acceptors (Lipinski definition) is 5. The van der Waals surface area contributed by atoms with Crippen molar-refractivity contribution < 1.29 is 19.1 Å². The zero-order valence-corrected chi connectivity index (χ0v) is 16.3. The van der Waals surface area contributed by atoms with Gasteiger partial charge in [-0.1, -0.05) is 42.5 Å². The number of primary amides is 1. The number of nitrogens with one attached hydrogen (secondary N) is 2. The van der Waals surface area contributed by atoms with Crippen LogP contribution in [0.15, 0.2) is 78.9 Å². The summed E-state index contributed by atoms with van der Waals surface area (Å²) in [6, 6.07) is 23.4. The summed E-state index contributed by atoms with van der Waals surface area (Å²) in [5.41, 5.74) is 6.65. The Kier molecular flexibility index (Phi) is 7.27. The van der Waals surface area contributed by atoms with Gasteiger partial charge in [0.2, 0.25) is 5.91 Å². The third kappa shape index (κ3) is 6.00. The number of benzene rings is 3. The highest BCUT2D eigenvalue weighted by Crippen LogP contribution is 2.23. The molecule has 0 fully saturated rings. The number of ether oxygens (including phenoxy) is 2. The summed E-state index contributed by atoms with van der Waals surface area (Å²) in [5.74, 6) is 0.473. The van der Waals surface area contributed by atoms with Gasteiger partial charge in [0.25, 0.3) is 5.91 Å². The maximum absolute atomic E-state index is 12.3. The first-order valence-electron chi connectivity index (χ1n) is 9.46. The second kappa shape index (κ2) is 10.5. The van der Waals surface area contributed by atoms with Gasteiger partial charge in [-0.3, -0.25) is 9.59 Å². The van der Waals surface area contributed by atoms with Crippen molar-refractivity contribution in [3.8, 4) is 11.5 Å². The minimum Gasteiger partial charge on any atom is -0.490 e. The number of rotatable bonds is 10. The number of carbonyl (C=O) groups is 2. The smallest absolute Gasteiger partial charge is 0.250 e. The van der Waals surface area contributed by atoms with E-state index in [1.165, 1.54) is 0 Å². The molecular formula is C23H23N3O4. The molecule has 0 saturated heterocycles. The van der Waals surface area contributed by atoms with E-state index in [0.717, 1.165) is 5.75 Å². The third-order valence-electron chi connectivity index (χ3n) is 4.15. The summed E-state index contributed by atoms with van der Waals surface area (Å²) in [5, 5.41) is 5.74. The van der Waals surface area contributed by atoms with Crippen molar-refractivity contribution in [3.05, 3.63) is 84.4 Å². The molecule has 0 bridgehead atoms. The number of carbonyl (C=O) groups excluding carboxylic acids is 2. The first-order chi connectivity index (χ1) is 14.6. The molecule has 0 saturated carbocycles. The van der Waals surface area contributed by atoms with Crippen LogP contribution in [0.4, 0.5) is 11.4 Å². The molecule has 30 heavy (non-hydrogen) atoms. The van der Waals surface area contributed by atoms with Crippen LogP contribution in [0.2, 0.25) is 0 Å². The average Bonchev–Trinajstić information content (AvgIpc) is 2.77. The molecule has 0 aliphatic carbocycles. The molecule has 3 aromatic rings. The fourth-order valence-electron chi connectivity index (χ4n) is 2.74. The van der Waals surface area contributed by atoms with E-state index in [4.69, 9.17) is 15.2 Å². The average molecular weight is 405 g/mol. The maximum Gasteiger partial charge on any atom is 0.250 e. The Morgan fingerprint density at radius 3 is 2.17 bits per heavy atom. The highest BCUT2D eigenvalue weighted by atomic mass is 16.5. The number of anilines is 2. The van der Waals surface area contributed by atoms with Gasteiger partial charge < -0.3 is 25.8 Å². The van der Waals surface area contributed by atoms with E-state index in [1.54, 1.807) is 24.3 Å². The van der Waals surface area contributed by atoms with Crippen molar-refractivity contribution in [2.75, 3.05) is 30.4 Å². The first kappa shape index (κ1) is 20.7. The highest BCUT2D eigenvalue weighted by Gasteiger charge is 2.11. The molecular weight excluding hydrogens is 382 g/mol. The van der Waals surface area contributed by atoms with Gasteiger partial charge in [-0.05, 0) is 36.4 Å². The van der Waals surface area contributed by atoms with Crippen LogP contribution < -0.4 is 25.8 Å². The Balaban J connectivity index is 1.51. The first-order valence-corrected chi connectivity index (χ1v) is 9.46. The van der Waals surface area contributed by atoms with E-state index in [9.17, 15) is 9.59 Å². The molecule has 0 spiro atoms. The topological polar surface area (TPSA) is 103 Å². The van der Waals surface area contributed by atoms with Gasteiger partial charge in [-0.25, -0.2) is 0 Å². The van der Waals surface area contributed by atoms with Gasteiger partial charge in [-0.2, -0.15) is 0 Å². The van der Waals surface area contributed by atoms with Gasteiger partial charge in [0.05, 0.1) is 23.5 Å². The van der Waals surface area contributed by atoms with Crippen LogP contribution in [0.1, 0.15) is 10.4 Å². The standard InChI is InChI=1S/C23H23N3O4/c24-23(28)18-10-4-5-11-19(18)26-22(27)16-25-20-12-6-7-13-21(20)30-15-14-29-17-8-2-1-3-9-17/h1-13,25H,14-16H2,(H2,24,28)(H,26,27). The largest absolute Gasteiger partial charge is 0.490 e. The minimum atomic E-state index is -0.602. The quantitative estimate of drug-likeness (QED) is 0.449. The number of para-hydroxylation sites is 4. The van der Waals surface area contributed by atoms with Crippen molar-refractivity contribution in [2.45, 2.75) is 0 Å². The Labute approximate surface area is 174 Å². The molecule has 0 radical (unpaired) electrons. The molecule has 7 heteroatoms. The van der Waals surface area contributed by atoms with Crippen LogP contribution >= 0.6 is 0 Å². The maximum atomic E-state index is 12.3. The van der Waals surface area contributed by atoms with Crippen LogP contribution in [0.3, 0.4) is 0 Å². The van der Waals surface area contributed by atoms with Crippen molar-refractivity contribution >= 4 is 23.2 Å². The Hall–Kier alpha value is -4.00. The van der Waals surface area contributed by atoms with Gasteiger partial charge in [0.1, 0.15) is 24.7 Å². The Bertz CT molecular complexity index is 993. The number of nitrogens with two attached hydrogens (primary N) is 1. The van der Waals surface area contributed by atoms with Gasteiger partial charge in [0.15, 0.2) is 0 Å². The molecule has 2 amide bonds. The number of hydrogen-bond donors (Lipinski definition) is 3. The second-order valence-electron chi connectivity index (χ2n) is 6.32. The third-order valence-corrected chi connectivity index (χ3v) is 4.15. The molecule has 0 heterocycles. The van der Waals surface area contributed by atoms with Crippen molar-refractivity contribution in [1.29, 1.82) is 0 Å². The molecule has 3 aromatic carbocycles. The van der Waals surface area contributed by atoms with E-state index < -0.39 is 5.91 Å². The van der Waals surface area contributed by atoms with Gasteiger partial charge >= 0.3 is 0 Å². The second-order valence-corrected chi connectivity index (χ2v) is 6.32. The Morgan fingerprint density at radius 2 is 1.40 bits per heavy atom. The van der Waals surface area contributed by atoms with E-state index in [2.05, 4.69) is 10.6 Å². The zero-order chi connectivity index (χ0) is 21.2. The lowest BCUT2D eigenvalue weighted by Gasteiger charge is -2.14. The zero-order valence-electron chi connectivity index (χ0n) is 16.3. The minimum absolute atomic E-state index is 0.00597. The number of amides is 2. The summed E-state index contributed by atoms with van der Waals surface area (Å²) in [6.07, 6.45) is 0. The van der Waals surface area contributed by atoms with E-state index in [-0.39, 0.29) is 18.0 Å². The van der Waals surface area contributed by atoms with E-state index in [1.807, 2.05) is 54.6 Å². The molecule has 0 atom stereocenters. The van der Waals surface area contributed by atoms with Crippen molar-refractivity contribution in [2.24, 2.45) is 5.73 Å². The normalized spacial score (nSPS) is 10.1. The SMILES string of the molecule is NC(=O)c1ccccc1NC(=O)CNc1ccccc1OCCOc1ccccc1. The molecule has 3 rings (SSSR count). The van der Waals surface area contributed by atoms with Crippen LogP contribution in [0.5, 0.6) is 11.5 Å². The predicted molar refractivity (Wildman–Crippen MR) is 116 cm³/mol. The van der Waals surface area contributed by atoms with Gasteiger partial charge in [-0.15, -0.1) is 0 Å². The van der Waals surface area contributed by atoms with Crippen LogP contribution in [-0.4, -0.2) is 31.6 Å². The highest BCUT2D eigenvalue weighted by molar-refractivity contribution is 6.03. The van der Waals surface area contributed by atoms with E-state index in [0.29, 0.717) is 30.3 Å². The summed E-state index contributed by atoms with van der Waals surface area (Å²) in [6.45, 7) is 0.739. The summed E-state index contributed by atoms with van der Waals surface area (Å²) >= 11 is 0. The molecule has 4 N–H and O–H groups in total. The monoisotopic (exact) mass is 405 g/mol. The molecule has 0 aliphatic heterocycles. The van der Waals surface area contributed by atoms with Crippen molar-refractivity contribution in [3.63, 3.8) is 0 Å². The summed E-state index contributed by atoms with van der Waals surface area (Å²) in [7, 11) is 0. The molecule has 0 unspecified atom stereocenters. The van der Waals surface area contributed by atoms with Crippen LogP contribution in [-0.2, 0) is 4.79 Å². The van der Waals surface area contributed by atoms with Crippen LogP contribution in [0.25, 0.3) is 0 Å². The lowest BCUT2D eigenvalue weighted by Crippen LogP contribution is -2.24. The fourth-order valence-corrected chi connectivity index (χ4v) is 2.74. The predicted octanol–water partition coefficient (Wildman–Crippen LogP) is 3.29. The Morgan fingerprint density at radius 1 is 0.767 bits per heavy atom. The molecule has 0 aromatic heterocycles.